The van der Waals surface area contributed by atoms with Crippen molar-refractivity contribution in [1.82, 2.24) is 26.2 Å². The summed E-state index contributed by atoms with van der Waals surface area (Å²) < 4.78 is 0. The van der Waals surface area contributed by atoms with E-state index in [4.69, 9.17) is 11.5 Å². The van der Waals surface area contributed by atoms with Crippen LogP contribution < -0.4 is 32.7 Å². The average Bonchev–Trinajstić information content (AvgIpc) is 3.45. The molecule has 0 radical (unpaired) electrons. The summed E-state index contributed by atoms with van der Waals surface area (Å²) in [6.07, 6.45) is 37.8. The van der Waals surface area contributed by atoms with Crippen LogP contribution in [-0.2, 0) is 14.4 Å². The second-order valence-corrected chi connectivity index (χ2v) is 22.1. The van der Waals surface area contributed by atoms with Gasteiger partial charge in [-0.25, -0.2) is 0 Å². The molecule has 0 aliphatic rings. The fourth-order valence-corrected chi connectivity index (χ4v) is 10.1. The van der Waals surface area contributed by atoms with Crippen molar-refractivity contribution in [2.24, 2.45) is 11.5 Å². The monoisotopic (exact) mass is 1080 g/mol. The van der Waals surface area contributed by atoms with E-state index >= 15 is 0 Å². The Morgan fingerprint density at radius 3 is 0.987 bits per heavy atom. The maximum atomic E-state index is 14.4. The van der Waals surface area contributed by atoms with Gasteiger partial charge in [0.05, 0.1) is 0 Å². The Morgan fingerprint density at radius 2 is 0.692 bits per heavy atom. The first kappa shape index (κ1) is 69.4. The number of carbonyl (C=O) groups excluding carboxylic acids is 5. The fourth-order valence-electron chi connectivity index (χ4n) is 10.1. The lowest BCUT2D eigenvalue weighted by Gasteiger charge is -2.35. The van der Waals surface area contributed by atoms with Crippen LogP contribution in [0.1, 0.15) is 284 Å². The number of rotatable bonds is 49. The Labute approximate surface area is 475 Å². The molecule has 8 N–H and O–H groups in total. The van der Waals surface area contributed by atoms with Crippen LogP contribution in [0.3, 0.4) is 0 Å². The number of nitrogens with two attached hydrogens (primary N) is 2. The molecule has 440 valence electrons. The smallest absolute Gasteiger partial charge is 0.253 e. The molecule has 5 amide bonds. The molecule has 0 atom stereocenters. The number of nitrogens with zero attached hydrogens (tertiary/aromatic N) is 1. The van der Waals surface area contributed by atoms with Gasteiger partial charge in [-0.3, -0.25) is 24.0 Å². The minimum absolute atomic E-state index is 0.0929. The van der Waals surface area contributed by atoms with Gasteiger partial charge in [-0.2, -0.15) is 0 Å². The molecule has 12 nitrogen and oxygen atoms in total. The van der Waals surface area contributed by atoms with Gasteiger partial charge in [0.15, 0.2) is 0 Å². The summed E-state index contributed by atoms with van der Waals surface area (Å²) in [6, 6.07) is 14.2. The van der Waals surface area contributed by atoms with Gasteiger partial charge in [-0.1, -0.05) is 206 Å². The van der Waals surface area contributed by atoms with Crippen LogP contribution in [0, 0.1) is 11.8 Å². The predicted octanol–water partition coefficient (Wildman–Crippen LogP) is 13.4. The maximum Gasteiger partial charge on any atom is 0.253 e. The van der Waals surface area contributed by atoms with E-state index in [-0.39, 0.29) is 68.1 Å². The summed E-state index contributed by atoms with van der Waals surface area (Å²) in [5.41, 5.74) is 12.8. The largest absolute Gasteiger partial charge is 0.356 e. The zero-order valence-electron chi connectivity index (χ0n) is 49.7. The van der Waals surface area contributed by atoms with Gasteiger partial charge in [0, 0.05) is 92.9 Å². The summed E-state index contributed by atoms with van der Waals surface area (Å²) in [5.74, 6) is 5.58. The molecular formula is C66H111N7O5. The molecule has 12 heteroatoms. The van der Waals surface area contributed by atoms with Gasteiger partial charge < -0.3 is 37.6 Å². The summed E-state index contributed by atoms with van der Waals surface area (Å²) in [4.78, 5) is 69.6. The molecule has 0 saturated heterocycles. The first-order chi connectivity index (χ1) is 38.1. The summed E-state index contributed by atoms with van der Waals surface area (Å²) in [7, 11) is 0. The number of amides is 5. The maximum absolute atomic E-state index is 14.4. The van der Waals surface area contributed by atoms with E-state index in [0.29, 0.717) is 62.5 Å². The first-order valence-corrected chi connectivity index (χ1v) is 31.6. The SMILES string of the molecule is CCCCCCCCCCCCNC(=O)CCC(CCC(=O)NCCCCCCCCCCCC)(CCC(=O)NCCCCCCCCCCCC)NC(=O)c1ccc(C#Cc2ccc(C(=O)N(CCN)CCN)cc2)cc1. The lowest BCUT2D eigenvalue weighted by atomic mass is 9.82. The van der Waals surface area contributed by atoms with Crippen molar-refractivity contribution in [3.05, 3.63) is 70.8 Å². The first-order valence-electron chi connectivity index (χ1n) is 31.6. The molecular weight excluding hydrogens is 971 g/mol. The summed E-state index contributed by atoms with van der Waals surface area (Å²) in [5, 5.41) is 12.7. The molecule has 2 aromatic rings. The van der Waals surface area contributed by atoms with E-state index in [0.717, 1.165) is 63.4 Å². The number of unbranched alkanes of at least 4 members (excludes halogenated alkanes) is 27. The third-order valence-corrected chi connectivity index (χ3v) is 15.1. The van der Waals surface area contributed by atoms with E-state index < -0.39 is 5.54 Å². The second kappa shape index (κ2) is 47.1. The summed E-state index contributed by atoms with van der Waals surface area (Å²) >= 11 is 0. The Morgan fingerprint density at radius 1 is 0.410 bits per heavy atom. The number of hydrogen-bond donors (Lipinski definition) is 6. The Hall–Kier alpha value is -4.73. The fraction of sp³-hybridized carbons (Fsp3) is 0.712. The van der Waals surface area contributed by atoms with E-state index in [9.17, 15) is 24.0 Å². The Bertz CT molecular complexity index is 1820. The second-order valence-electron chi connectivity index (χ2n) is 22.1. The minimum Gasteiger partial charge on any atom is -0.356 e. The highest BCUT2D eigenvalue weighted by Crippen LogP contribution is 2.27. The quantitative estimate of drug-likeness (QED) is 0.0281. The van der Waals surface area contributed by atoms with Crippen LogP contribution in [0.15, 0.2) is 48.5 Å². The predicted molar refractivity (Wildman–Crippen MR) is 325 cm³/mol. The molecule has 0 unspecified atom stereocenters. The van der Waals surface area contributed by atoms with Gasteiger partial charge in [0.25, 0.3) is 11.8 Å². The highest BCUT2D eigenvalue weighted by Gasteiger charge is 2.34. The lowest BCUT2D eigenvalue weighted by molar-refractivity contribution is -0.121. The zero-order valence-corrected chi connectivity index (χ0v) is 49.7. The Kier molecular flexibility index (Phi) is 41.9. The minimum atomic E-state index is -1.01. The molecule has 2 aromatic carbocycles. The molecule has 0 aliphatic carbocycles. The van der Waals surface area contributed by atoms with E-state index in [1.54, 1.807) is 53.4 Å². The topological polar surface area (TPSA) is 189 Å². The zero-order chi connectivity index (χ0) is 56.6. The normalized spacial score (nSPS) is 11.2. The van der Waals surface area contributed by atoms with Gasteiger partial charge in [0.2, 0.25) is 17.7 Å². The van der Waals surface area contributed by atoms with E-state index in [2.05, 4.69) is 53.9 Å². The van der Waals surface area contributed by atoms with Gasteiger partial charge in [-0.15, -0.1) is 0 Å². The van der Waals surface area contributed by atoms with Crippen LogP contribution >= 0.6 is 0 Å². The molecule has 78 heavy (non-hydrogen) atoms. The average molecular weight is 1080 g/mol. The molecule has 0 bridgehead atoms. The summed E-state index contributed by atoms with van der Waals surface area (Å²) in [6.45, 7) is 10.1. The molecule has 0 heterocycles. The van der Waals surface area contributed by atoms with Gasteiger partial charge >= 0.3 is 0 Å². The van der Waals surface area contributed by atoms with Crippen molar-refractivity contribution < 1.29 is 24.0 Å². The molecule has 0 aliphatic heterocycles. The third kappa shape index (κ3) is 35.0. The highest BCUT2D eigenvalue weighted by molar-refractivity contribution is 5.95. The van der Waals surface area contributed by atoms with Crippen molar-refractivity contribution in [2.75, 3.05) is 45.8 Å². The van der Waals surface area contributed by atoms with Crippen LogP contribution in [0.2, 0.25) is 0 Å². The third-order valence-electron chi connectivity index (χ3n) is 15.1. The van der Waals surface area contributed by atoms with Gasteiger partial charge in [-0.05, 0) is 87.1 Å². The van der Waals surface area contributed by atoms with Crippen molar-refractivity contribution in [3.63, 3.8) is 0 Å². The van der Waals surface area contributed by atoms with E-state index in [1.807, 2.05) is 0 Å². The number of nitrogens with one attached hydrogen (secondary N) is 4. The number of hydrogen-bond acceptors (Lipinski definition) is 7. The molecule has 0 aromatic heterocycles. The van der Waals surface area contributed by atoms with Crippen LogP contribution in [-0.4, -0.2) is 85.8 Å². The standard InChI is InChI=1S/C66H111N7O5/c1-4-7-10-13-16-19-22-25-28-31-52-69-61(74)44-47-66(48-45-62(75)70-53-32-29-26-23-20-17-14-11-8-5-2,49-46-63(76)71-54-33-30-27-24-21-18-15-12-9-6-3)72-64(77)59-40-36-57(37-41-59)34-35-58-38-42-60(43-39-58)65(78)73(55-50-67)56-51-68/h36-43H,4-33,44-56,67-68H2,1-3H3,(H,69,74)(H,70,75)(H,71,76)(H,72,77). The lowest BCUT2D eigenvalue weighted by Crippen LogP contribution is -2.50. The van der Waals surface area contributed by atoms with Crippen LogP contribution in [0.4, 0.5) is 0 Å². The molecule has 0 spiro atoms. The van der Waals surface area contributed by atoms with Crippen LogP contribution in [0.5, 0.6) is 0 Å². The number of benzene rings is 2. The highest BCUT2D eigenvalue weighted by atomic mass is 16.2. The molecule has 0 fully saturated rings. The van der Waals surface area contributed by atoms with Crippen LogP contribution in [0.25, 0.3) is 0 Å². The van der Waals surface area contributed by atoms with Gasteiger partial charge in [0.1, 0.15) is 0 Å². The molecule has 2 rings (SSSR count). The van der Waals surface area contributed by atoms with Crippen molar-refractivity contribution in [1.29, 1.82) is 0 Å². The number of carbonyl (C=O) groups is 5. The van der Waals surface area contributed by atoms with Crippen molar-refractivity contribution in [3.8, 4) is 11.8 Å². The molecule has 0 saturated carbocycles. The van der Waals surface area contributed by atoms with Crippen molar-refractivity contribution in [2.45, 2.75) is 257 Å². The van der Waals surface area contributed by atoms with Crippen molar-refractivity contribution >= 4 is 29.5 Å². The van der Waals surface area contributed by atoms with E-state index in [1.165, 1.54) is 135 Å². The Balaban J connectivity index is 2.21.